The average Bonchev–Trinajstić information content (AvgIpc) is 3.02. The van der Waals surface area contributed by atoms with E-state index in [0.29, 0.717) is 0 Å². The molecule has 7 amide bonds. The fourth-order valence-corrected chi connectivity index (χ4v) is 3.95. The van der Waals surface area contributed by atoms with Crippen molar-refractivity contribution in [2.24, 2.45) is 0 Å². The van der Waals surface area contributed by atoms with Gasteiger partial charge in [0.15, 0.2) is 0 Å². The van der Waals surface area contributed by atoms with Crippen molar-refractivity contribution in [1.29, 1.82) is 0 Å². The van der Waals surface area contributed by atoms with Gasteiger partial charge in [-0.25, -0.2) is 9.59 Å². The van der Waals surface area contributed by atoms with Crippen LogP contribution in [0.4, 0.5) is 4.79 Å². The number of carbonyl (C=O) groups is 10. The Labute approximate surface area is 300 Å². The fourth-order valence-electron chi connectivity index (χ4n) is 3.95. The van der Waals surface area contributed by atoms with Gasteiger partial charge in [-0.15, -0.1) is 0 Å². The molecule has 0 radical (unpaired) electrons. The summed E-state index contributed by atoms with van der Waals surface area (Å²) in [6.07, 6.45) is -2.67. The number of esters is 1. The van der Waals surface area contributed by atoms with E-state index in [-0.39, 0.29) is 12.8 Å². The van der Waals surface area contributed by atoms with Crippen LogP contribution in [-0.4, -0.2) is 125 Å². The molecule has 294 valence electrons. The summed E-state index contributed by atoms with van der Waals surface area (Å²) in [6, 6.07) is -9.03. The standard InChI is InChI=1S/C31H51N7O14/c1-14(23(43)33-16(3)25(45)37-20(11-13-22(41)42)28(48)35-18(5)29(49)51-9)32-24(44)15(2)34-27(47)19(10-12-21(39)40)38-26(46)17(4)36-30(50)52-31(6,7)8/h14-20H,10-13H2,1-9H3,(H,32,44)(H,33,43)(H,34,47)(H,35,48)(H,36,50)(H,37,45)(H,38,46)(H,39,40)(H,41,42)/t14-,15-,16-,17-,18-,19-,20-/m0/s1. The largest absolute Gasteiger partial charge is 0.481 e. The summed E-state index contributed by atoms with van der Waals surface area (Å²) in [7, 11) is 1.10. The van der Waals surface area contributed by atoms with Crippen LogP contribution in [0.5, 0.6) is 0 Å². The summed E-state index contributed by atoms with van der Waals surface area (Å²) < 4.78 is 9.61. The van der Waals surface area contributed by atoms with E-state index >= 15 is 0 Å². The van der Waals surface area contributed by atoms with Gasteiger partial charge in [0.2, 0.25) is 35.4 Å². The molecule has 9 N–H and O–H groups in total. The van der Waals surface area contributed by atoms with Crippen LogP contribution in [0.2, 0.25) is 0 Å². The fraction of sp³-hybridized carbons (Fsp3) is 0.677. The second-order valence-electron chi connectivity index (χ2n) is 12.8. The molecule has 0 aliphatic heterocycles. The van der Waals surface area contributed by atoms with Crippen molar-refractivity contribution >= 4 is 59.4 Å². The third kappa shape index (κ3) is 18.5. The number of aliphatic carboxylic acids is 2. The smallest absolute Gasteiger partial charge is 0.408 e. The summed E-state index contributed by atoms with van der Waals surface area (Å²) in [5.74, 6) is -8.60. The summed E-state index contributed by atoms with van der Waals surface area (Å²) >= 11 is 0. The van der Waals surface area contributed by atoms with Gasteiger partial charge < -0.3 is 56.9 Å². The Bertz CT molecular complexity index is 1350. The predicted molar refractivity (Wildman–Crippen MR) is 179 cm³/mol. The Balaban J connectivity index is 5.38. The van der Waals surface area contributed by atoms with E-state index in [4.69, 9.17) is 14.9 Å². The molecule has 0 aliphatic rings. The first-order valence-electron chi connectivity index (χ1n) is 16.2. The first-order valence-corrected chi connectivity index (χ1v) is 16.2. The number of alkyl carbamates (subject to hydrolysis) is 1. The monoisotopic (exact) mass is 745 g/mol. The van der Waals surface area contributed by atoms with Crippen molar-refractivity contribution in [3.8, 4) is 0 Å². The van der Waals surface area contributed by atoms with Crippen molar-refractivity contribution in [2.75, 3.05) is 7.11 Å². The van der Waals surface area contributed by atoms with Crippen LogP contribution in [0.3, 0.4) is 0 Å². The molecule has 0 saturated heterocycles. The lowest BCUT2D eigenvalue weighted by Crippen LogP contribution is -2.58. The second kappa shape index (κ2) is 21.7. The minimum absolute atomic E-state index is 0.347. The number of amides is 7. The Kier molecular flexibility index (Phi) is 19.4. The Morgan fingerprint density at radius 2 is 0.808 bits per heavy atom. The number of carboxylic acid groups (broad SMARTS) is 2. The van der Waals surface area contributed by atoms with E-state index in [1.165, 1.54) is 34.6 Å². The summed E-state index contributed by atoms with van der Waals surface area (Å²) in [5, 5.41) is 34.4. The Hall–Kier alpha value is -5.50. The molecule has 21 nitrogen and oxygen atoms in total. The highest BCUT2D eigenvalue weighted by Gasteiger charge is 2.31. The van der Waals surface area contributed by atoms with E-state index in [0.717, 1.165) is 7.11 Å². The molecule has 52 heavy (non-hydrogen) atoms. The highest BCUT2D eigenvalue weighted by Crippen LogP contribution is 2.07. The normalized spacial score (nSPS) is 14.9. The maximum atomic E-state index is 13.0. The van der Waals surface area contributed by atoms with E-state index < -0.39 is 120 Å². The van der Waals surface area contributed by atoms with Crippen molar-refractivity contribution in [2.45, 2.75) is 129 Å². The number of rotatable bonds is 20. The minimum Gasteiger partial charge on any atom is -0.481 e. The molecule has 0 heterocycles. The third-order valence-corrected chi connectivity index (χ3v) is 6.86. The molecule has 21 heteroatoms. The molecule has 0 spiro atoms. The molecule has 7 atom stereocenters. The molecular weight excluding hydrogens is 694 g/mol. The molecule has 0 bridgehead atoms. The maximum Gasteiger partial charge on any atom is 0.408 e. The number of carboxylic acids is 2. The van der Waals surface area contributed by atoms with Gasteiger partial charge in [0, 0.05) is 12.8 Å². The lowest BCUT2D eigenvalue weighted by atomic mass is 10.1. The SMILES string of the molecule is COC(=O)[C@H](C)NC(=O)[C@H](CCC(=O)O)NC(=O)[C@H](C)NC(=O)[C@H](C)NC(=O)[C@H](C)NC(=O)[C@H](CCC(=O)O)NC(=O)[C@H](C)NC(=O)OC(C)(C)C. The van der Waals surface area contributed by atoms with Crippen molar-refractivity contribution in [3.63, 3.8) is 0 Å². The topological polar surface area (TPSA) is 314 Å². The molecule has 0 fully saturated rings. The van der Waals surface area contributed by atoms with Gasteiger partial charge in [-0.3, -0.25) is 38.4 Å². The number of hydrogen-bond donors (Lipinski definition) is 9. The van der Waals surface area contributed by atoms with Crippen molar-refractivity contribution in [3.05, 3.63) is 0 Å². The number of methoxy groups -OCH3 is 1. The first kappa shape index (κ1) is 46.5. The van der Waals surface area contributed by atoms with Crippen LogP contribution >= 0.6 is 0 Å². The van der Waals surface area contributed by atoms with Crippen LogP contribution in [0.25, 0.3) is 0 Å². The average molecular weight is 746 g/mol. The van der Waals surface area contributed by atoms with E-state index in [1.807, 2.05) is 0 Å². The number of nitrogens with one attached hydrogen (secondary N) is 7. The molecule has 0 rings (SSSR count). The zero-order valence-corrected chi connectivity index (χ0v) is 30.7. The lowest BCUT2D eigenvalue weighted by molar-refractivity contribution is -0.145. The highest BCUT2D eigenvalue weighted by atomic mass is 16.6. The van der Waals surface area contributed by atoms with Gasteiger partial charge in [-0.1, -0.05) is 0 Å². The van der Waals surface area contributed by atoms with Gasteiger partial charge in [-0.05, 0) is 68.2 Å². The van der Waals surface area contributed by atoms with E-state index in [9.17, 15) is 47.9 Å². The van der Waals surface area contributed by atoms with Gasteiger partial charge in [0.05, 0.1) is 7.11 Å². The van der Waals surface area contributed by atoms with Crippen LogP contribution < -0.4 is 37.2 Å². The van der Waals surface area contributed by atoms with E-state index in [2.05, 4.69) is 42.0 Å². The number of carbonyl (C=O) groups excluding carboxylic acids is 8. The first-order chi connectivity index (χ1) is 23.9. The van der Waals surface area contributed by atoms with Gasteiger partial charge in [-0.2, -0.15) is 0 Å². The quantitative estimate of drug-likeness (QED) is 0.0597. The zero-order valence-electron chi connectivity index (χ0n) is 30.7. The van der Waals surface area contributed by atoms with Crippen LogP contribution in [0, 0.1) is 0 Å². The Morgan fingerprint density at radius 3 is 1.13 bits per heavy atom. The molecule has 0 aromatic rings. The predicted octanol–water partition coefficient (Wildman–Crippen LogP) is -2.21. The summed E-state index contributed by atoms with van der Waals surface area (Å²) in [6.45, 7) is 11.2. The van der Waals surface area contributed by atoms with Crippen molar-refractivity contribution < 1.29 is 67.6 Å². The van der Waals surface area contributed by atoms with Gasteiger partial charge >= 0.3 is 24.0 Å². The van der Waals surface area contributed by atoms with Crippen molar-refractivity contribution in [1.82, 2.24) is 37.2 Å². The number of ether oxygens (including phenoxy) is 2. The minimum atomic E-state index is -1.44. The van der Waals surface area contributed by atoms with Crippen LogP contribution in [-0.2, 0) is 52.6 Å². The zero-order chi connectivity index (χ0) is 40.5. The third-order valence-electron chi connectivity index (χ3n) is 6.86. The van der Waals surface area contributed by atoms with Gasteiger partial charge in [0.25, 0.3) is 0 Å². The summed E-state index contributed by atoms with van der Waals surface area (Å²) in [5.41, 5.74) is -0.854. The summed E-state index contributed by atoms with van der Waals surface area (Å²) in [4.78, 5) is 123. The molecule has 0 unspecified atom stereocenters. The molecule has 0 aromatic heterocycles. The van der Waals surface area contributed by atoms with Crippen LogP contribution in [0.15, 0.2) is 0 Å². The molecule has 0 aliphatic carbocycles. The maximum absolute atomic E-state index is 13.0. The lowest BCUT2D eigenvalue weighted by Gasteiger charge is -2.25. The number of hydrogen-bond acceptors (Lipinski definition) is 12. The highest BCUT2D eigenvalue weighted by molar-refractivity contribution is 5.97. The second-order valence-corrected chi connectivity index (χ2v) is 12.8. The molecule has 0 aromatic carbocycles. The van der Waals surface area contributed by atoms with E-state index in [1.54, 1.807) is 20.8 Å². The van der Waals surface area contributed by atoms with Gasteiger partial charge in [0.1, 0.15) is 47.9 Å². The van der Waals surface area contributed by atoms with Crippen LogP contribution in [0.1, 0.15) is 81.1 Å². The molecular formula is C31H51N7O14. The Morgan fingerprint density at radius 1 is 0.500 bits per heavy atom. The molecule has 0 saturated carbocycles.